The molecule has 0 fully saturated rings. The smallest absolute Gasteiger partial charge is 0.340 e. The monoisotopic (exact) mass is 260 g/mol. The number of nitrogen functional groups attached to an aromatic ring is 1. The molecule has 0 unspecified atom stereocenters. The number of benzene rings is 1. The molecule has 0 radical (unpaired) electrons. The van der Waals surface area contributed by atoms with Crippen molar-refractivity contribution in [2.45, 2.75) is 6.54 Å². The van der Waals surface area contributed by atoms with Crippen molar-refractivity contribution in [2.75, 3.05) is 24.7 Å². The molecule has 1 heterocycles. The Morgan fingerprint density at radius 3 is 3.05 bits per heavy atom. The van der Waals surface area contributed by atoms with Gasteiger partial charge in [-0.1, -0.05) is 6.07 Å². The summed E-state index contributed by atoms with van der Waals surface area (Å²) in [6, 6.07) is 5.24. The molecule has 0 saturated heterocycles. The van der Waals surface area contributed by atoms with E-state index in [1.165, 1.54) is 7.11 Å². The summed E-state index contributed by atoms with van der Waals surface area (Å²) in [5.41, 5.74) is 7.44. The van der Waals surface area contributed by atoms with Crippen molar-refractivity contribution in [1.82, 2.24) is 9.55 Å². The lowest BCUT2D eigenvalue weighted by Gasteiger charge is -2.12. The van der Waals surface area contributed by atoms with Crippen LogP contribution in [-0.4, -0.2) is 29.2 Å². The van der Waals surface area contributed by atoms with Crippen LogP contribution in [0, 0.1) is 0 Å². The first-order valence-electron chi connectivity index (χ1n) is 5.89. The molecule has 1 aromatic carbocycles. The zero-order chi connectivity index (χ0) is 13.7. The summed E-state index contributed by atoms with van der Waals surface area (Å²) >= 11 is 0. The molecule has 0 aliphatic rings. The highest BCUT2D eigenvalue weighted by Gasteiger charge is 2.12. The van der Waals surface area contributed by atoms with Crippen LogP contribution >= 0.6 is 0 Å². The van der Waals surface area contributed by atoms with Crippen LogP contribution in [0.15, 0.2) is 36.9 Å². The quantitative estimate of drug-likeness (QED) is 0.626. The van der Waals surface area contributed by atoms with E-state index < -0.39 is 5.97 Å². The average molecular weight is 260 g/mol. The van der Waals surface area contributed by atoms with Gasteiger partial charge in [0.25, 0.3) is 0 Å². The van der Waals surface area contributed by atoms with Crippen molar-refractivity contribution < 1.29 is 9.53 Å². The maximum absolute atomic E-state index is 11.5. The number of esters is 1. The number of para-hydroxylation sites is 1. The topological polar surface area (TPSA) is 82.2 Å². The minimum atomic E-state index is -0.434. The number of nitrogens with two attached hydrogens (primary N) is 1. The number of imidazole rings is 1. The second kappa shape index (κ2) is 5.90. The molecule has 19 heavy (non-hydrogen) atoms. The summed E-state index contributed by atoms with van der Waals surface area (Å²) < 4.78 is 6.63. The Balaban J connectivity index is 2.02. The van der Waals surface area contributed by atoms with E-state index in [9.17, 15) is 4.79 Å². The number of carbonyl (C=O) groups excluding carboxylic acids is 1. The van der Waals surface area contributed by atoms with Crippen molar-refractivity contribution in [2.24, 2.45) is 0 Å². The van der Waals surface area contributed by atoms with Crippen molar-refractivity contribution in [3.8, 4) is 0 Å². The third kappa shape index (κ3) is 3.04. The molecule has 3 N–H and O–H groups in total. The van der Waals surface area contributed by atoms with Crippen LogP contribution in [0.2, 0.25) is 0 Å². The molecular formula is C13H16N4O2. The fourth-order valence-electron chi connectivity index (χ4n) is 1.75. The Hall–Kier alpha value is -2.50. The first-order chi connectivity index (χ1) is 9.22. The first kappa shape index (κ1) is 12.9. The normalized spacial score (nSPS) is 10.2. The third-order valence-electron chi connectivity index (χ3n) is 2.76. The number of anilines is 2. The van der Waals surface area contributed by atoms with Crippen LogP contribution in [0.3, 0.4) is 0 Å². The zero-order valence-corrected chi connectivity index (χ0v) is 10.7. The summed E-state index contributed by atoms with van der Waals surface area (Å²) in [6.07, 6.45) is 5.36. The van der Waals surface area contributed by atoms with Crippen molar-refractivity contribution in [1.29, 1.82) is 0 Å². The maximum atomic E-state index is 11.5. The van der Waals surface area contributed by atoms with E-state index in [0.717, 1.165) is 12.2 Å². The van der Waals surface area contributed by atoms with Gasteiger partial charge >= 0.3 is 5.97 Å². The minimum Gasteiger partial charge on any atom is -0.465 e. The molecule has 2 rings (SSSR count). The predicted octanol–water partition coefficient (Wildman–Crippen LogP) is 1.36. The maximum Gasteiger partial charge on any atom is 0.340 e. The van der Waals surface area contributed by atoms with E-state index in [1.807, 2.05) is 16.8 Å². The van der Waals surface area contributed by atoms with E-state index in [-0.39, 0.29) is 0 Å². The van der Waals surface area contributed by atoms with Gasteiger partial charge in [0.2, 0.25) is 0 Å². The van der Waals surface area contributed by atoms with Crippen LogP contribution < -0.4 is 11.1 Å². The molecule has 2 aromatic rings. The molecule has 0 aliphatic heterocycles. The molecule has 0 amide bonds. The predicted molar refractivity (Wildman–Crippen MR) is 72.9 cm³/mol. The Morgan fingerprint density at radius 1 is 1.53 bits per heavy atom. The van der Waals surface area contributed by atoms with E-state index >= 15 is 0 Å². The lowest BCUT2D eigenvalue weighted by molar-refractivity contribution is 0.0602. The number of nitrogens with zero attached hydrogens (tertiary/aromatic N) is 2. The molecular weight excluding hydrogens is 244 g/mol. The number of aromatic nitrogens is 2. The second-order valence-corrected chi connectivity index (χ2v) is 3.99. The largest absolute Gasteiger partial charge is 0.465 e. The number of hydrogen-bond donors (Lipinski definition) is 2. The fourth-order valence-corrected chi connectivity index (χ4v) is 1.75. The Kier molecular flexibility index (Phi) is 4.02. The molecule has 1 aromatic heterocycles. The Labute approximate surface area is 111 Å². The van der Waals surface area contributed by atoms with Crippen LogP contribution in [0.4, 0.5) is 11.4 Å². The third-order valence-corrected chi connectivity index (χ3v) is 2.76. The highest BCUT2D eigenvalue weighted by Crippen LogP contribution is 2.23. The molecule has 100 valence electrons. The molecule has 0 spiro atoms. The fraction of sp³-hybridized carbons (Fsp3) is 0.231. The van der Waals surface area contributed by atoms with Crippen molar-refractivity contribution in [3.05, 3.63) is 42.5 Å². The molecule has 0 aliphatic carbocycles. The van der Waals surface area contributed by atoms with Crippen LogP contribution in [0.1, 0.15) is 10.4 Å². The van der Waals surface area contributed by atoms with E-state index in [4.69, 9.17) is 5.73 Å². The molecule has 0 saturated carbocycles. The van der Waals surface area contributed by atoms with E-state index in [1.54, 1.807) is 24.7 Å². The highest BCUT2D eigenvalue weighted by atomic mass is 16.5. The summed E-state index contributed by atoms with van der Waals surface area (Å²) in [7, 11) is 1.33. The summed E-state index contributed by atoms with van der Waals surface area (Å²) in [5, 5.41) is 3.19. The zero-order valence-electron chi connectivity index (χ0n) is 10.7. The summed E-state index contributed by atoms with van der Waals surface area (Å²) in [4.78, 5) is 15.5. The van der Waals surface area contributed by atoms with Crippen molar-refractivity contribution >= 4 is 17.3 Å². The SMILES string of the molecule is COC(=O)c1cccc(NCCn2ccnc2)c1N. The molecule has 0 atom stereocenters. The lowest BCUT2D eigenvalue weighted by atomic mass is 10.1. The number of carbonyl (C=O) groups is 1. The molecule has 6 heteroatoms. The number of hydrogen-bond acceptors (Lipinski definition) is 5. The van der Waals surface area contributed by atoms with E-state index in [2.05, 4.69) is 15.0 Å². The Morgan fingerprint density at radius 2 is 2.37 bits per heavy atom. The van der Waals surface area contributed by atoms with Crippen LogP contribution in [0.25, 0.3) is 0 Å². The summed E-state index contributed by atoms with van der Waals surface area (Å²) in [5.74, 6) is -0.434. The van der Waals surface area contributed by atoms with Crippen LogP contribution in [0.5, 0.6) is 0 Å². The highest BCUT2D eigenvalue weighted by molar-refractivity contribution is 5.98. The lowest BCUT2D eigenvalue weighted by Crippen LogP contribution is -2.12. The average Bonchev–Trinajstić information content (AvgIpc) is 2.93. The Bertz CT molecular complexity index is 552. The van der Waals surface area contributed by atoms with Gasteiger partial charge in [-0.25, -0.2) is 9.78 Å². The van der Waals surface area contributed by atoms with Crippen molar-refractivity contribution in [3.63, 3.8) is 0 Å². The van der Waals surface area contributed by atoms with Gasteiger partial charge in [0.05, 0.1) is 30.4 Å². The van der Waals surface area contributed by atoms with Gasteiger partial charge in [0.1, 0.15) is 0 Å². The molecule has 0 bridgehead atoms. The van der Waals surface area contributed by atoms with Gasteiger partial charge in [-0.2, -0.15) is 0 Å². The number of rotatable bonds is 5. The number of nitrogens with one attached hydrogen (secondary N) is 1. The van der Waals surface area contributed by atoms with Gasteiger partial charge in [-0.3, -0.25) is 0 Å². The number of methoxy groups -OCH3 is 1. The van der Waals surface area contributed by atoms with Gasteiger partial charge in [0.15, 0.2) is 0 Å². The van der Waals surface area contributed by atoms with Gasteiger partial charge < -0.3 is 20.4 Å². The van der Waals surface area contributed by atoms with E-state index in [0.29, 0.717) is 17.8 Å². The van der Waals surface area contributed by atoms with Crippen LogP contribution in [-0.2, 0) is 11.3 Å². The minimum absolute atomic E-state index is 0.370. The van der Waals surface area contributed by atoms with Gasteiger partial charge in [0, 0.05) is 25.5 Å². The van der Waals surface area contributed by atoms with Gasteiger partial charge in [-0.15, -0.1) is 0 Å². The molecule has 6 nitrogen and oxygen atoms in total. The van der Waals surface area contributed by atoms with Gasteiger partial charge in [-0.05, 0) is 12.1 Å². The second-order valence-electron chi connectivity index (χ2n) is 3.99. The number of ether oxygens (including phenoxy) is 1. The first-order valence-corrected chi connectivity index (χ1v) is 5.89. The standard InChI is InChI=1S/C13H16N4O2/c1-19-13(18)10-3-2-4-11(12(10)14)16-6-8-17-7-5-15-9-17/h2-5,7,9,16H,6,8,14H2,1H3. The summed E-state index contributed by atoms with van der Waals surface area (Å²) in [6.45, 7) is 1.45.